The lowest BCUT2D eigenvalue weighted by molar-refractivity contribution is -0.671. The van der Waals surface area contributed by atoms with Gasteiger partial charge in [0.25, 0.3) is 0 Å². The second-order valence-electron chi connectivity index (χ2n) is 4.85. The van der Waals surface area contributed by atoms with E-state index in [0.29, 0.717) is 5.75 Å². The molecule has 3 rings (SSSR count). The Labute approximate surface area is 141 Å². The van der Waals surface area contributed by atoms with E-state index in [1.165, 1.54) is 0 Å². The van der Waals surface area contributed by atoms with Crippen LogP contribution in [0, 0.1) is 0 Å². The molecule has 0 amide bonds. The molecule has 0 spiro atoms. The van der Waals surface area contributed by atoms with Crippen LogP contribution < -0.4 is 28.5 Å². The van der Waals surface area contributed by atoms with E-state index in [2.05, 4.69) is 24.3 Å². The summed E-state index contributed by atoms with van der Waals surface area (Å²) in [6, 6.07) is 15.7. The SMILES string of the molecule is C[n+]1ccc(/C=C/c2ccc(O)c3ccccc23)cc1.[I-]. The summed E-state index contributed by atoms with van der Waals surface area (Å²) in [6.07, 6.45) is 8.21. The van der Waals surface area contributed by atoms with Crippen LogP contribution in [0.2, 0.25) is 0 Å². The second kappa shape index (κ2) is 6.72. The van der Waals surface area contributed by atoms with Gasteiger partial charge in [0.15, 0.2) is 12.4 Å². The van der Waals surface area contributed by atoms with Crippen molar-refractivity contribution in [1.82, 2.24) is 0 Å². The lowest BCUT2D eigenvalue weighted by Gasteiger charge is -2.04. The molecule has 21 heavy (non-hydrogen) atoms. The van der Waals surface area contributed by atoms with E-state index in [1.54, 1.807) is 6.07 Å². The van der Waals surface area contributed by atoms with Crippen LogP contribution in [0.5, 0.6) is 5.75 Å². The van der Waals surface area contributed by atoms with Crippen LogP contribution in [-0.2, 0) is 7.05 Å². The van der Waals surface area contributed by atoms with Crippen molar-refractivity contribution in [3.05, 3.63) is 72.1 Å². The number of benzene rings is 2. The predicted molar refractivity (Wildman–Crippen MR) is 82.2 cm³/mol. The molecule has 1 heterocycles. The Hall–Kier alpha value is -1.88. The third-order valence-electron chi connectivity index (χ3n) is 3.39. The van der Waals surface area contributed by atoms with Gasteiger partial charge in [-0.2, -0.15) is 0 Å². The lowest BCUT2D eigenvalue weighted by Crippen LogP contribution is -3.00. The van der Waals surface area contributed by atoms with Gasteiger partial charge in [-0.25, -0.2) is 4.57 Å². The van der Waals surface area contributed by atoms with Crippen molar-refractivity contribution < 1.29 is 33.7 Å². The first kappa shape index (κ1) is 15.5. The highest BCUT2D eigenvalue weighted by atomic mass is 127. The zero-order chi connectivity index (χ0) is 13.9. The van der Waals surface area contributed by atoms with Crippen molar-refractivity contribution in [3.63, 3.8) is 0 Å². The fraction of sp³-hybridized carbons (Fsp3) is 0.0556. The number of hydrogen-bond acceptors (Lipinski definition) is 1. The molecule has 0 aliphatic carbocycles. The molecular weight excluding hydrogens is 373 g/mol. The summed E-state index contributed by atoms with van der Waals surface area (Å²) in [4.78, 5) is 0. The molecule has 0 saturated carbocycles. The number of aromatic hydroxyl groups is 1. The fourth-order valence-electron chi connectivity index (χ4n) is 2.26. The maximum absolute atomic E-state index is 9.88. The quantitative estimate of drug-likeness (QED) is 0.503. The molecule has 0 bridgehead atoms. The molecule has 2 aromatic carbocycles. The summed E-state index contributed by atoms with van der Waals surface area (Å²) in [5.74, 6) is 0.324. The minimum atomic E-state index is 0. The van der Waals surface area contributed by atoms with Gasteiger partial charge >= 0.3 is 0 Å². The number of hydrogen-bond donors (Lipinski definition) is 1. The van der Waals surface area contributed by atoms with Crippen molar-refractivity contribution in [2.24, 2.45) is 7.05 Å². The van der Waals surface area contributed by atoms with Crippen molar-refractivity contribution >= 4 is 22.9 Å². The van der Waals surface area contributed by atoms with Gasteiger partial charge in [0.1, 0.15) is 12.8 Å². The van der Waals surface area contributed by atoms with Crippen LogP contribution in [0.1, 0.15) is 11.1 Å². The zero-order valence-corrected chi connectivity index (χ0v) is 13.9. The summed E-state index contributed by atoms with van der Waals surface area (Å²) in [5.41, 5.74) is 2.26. The highest BCUT2D eigenvalue weighted by molar-refractivity contribution is 5.96. The molecule has 0 saturated heterocycles. The average Bonchev–Trinajstić information content (AvgIpc) is 2.49. The molecule has 106 valence electrons. The van der Waals surface area contributed by atoms with E-state index in [-0.39, 0.29) is 24.0 Å². The maximum Gasteiger partial charge on any atom is 0.169 e. The third-order valence-corrected chi connectivity index (χ3v) is 3.39. The highest BCUT2D eigenvalue weighted by Crippen LogP contribution is 2.28. The van der Waals surface area contributed by atoms with Gasteiger partial charge in [0.2, 0.25) is 0 Å². The van der Waals surface area contributed by atoms with Crippen molar-refractivity contribution in [3.8, 4) is 5.75 Å². The summed E-state index contributed by atoms with van der Waals surface area (Å²) >= 11 is 0. The summed E-state index contributed by atoms with van der Waals surface area (Å²) in [7, 11) is 2.00. The van der Waals surface area contributed by atoms with Crippen LogP contribution in [0.4, 0.5) is 0 Å². The summed E-state index contributed by atoms with van der Waals surface area (Å²) in [6.45, 7) is 0. The smallest absolute Gasteiger partial charge is 0.169 e. The van der Waals surface area contributed by atoms with Gasteiger partial charge < -0.3 is 29.1 Å². The number of phenols is 1. The van der Waals surface area contributed by atoms with E-state index in [0.717, 1.165) is 21.9 Å². The molecule has 2 nitrogen and oxygen atoms in total. The number of aromatic nitrogens is 1. The minimum absolute atomic E-state index is 0. The van der Waals surface area contributed by atoms with Gasteiger partial charge in [-0.1, -0.05) is 42.5 Å². The average molecular weight is 389 g/mol. The van der Waals surface area contributed by atoms with E-state index in [1.807, 2.05) is 54.3 Å². The van der Waals surface area contributed by atoms with Crippen molar-refractivity contribution in [2.75, 3.05) is 0 Å². The first-order valence-electron chi connectivity index (χ1n) is 6.58. The zero-order valence-electron chi connectivity index (χ0n) is 11.7. The molecule has 0 aliphatic rings. The van der Waals surface area contributed by atoms with E-state index in [4.69, 9.17) is 0 Å². The first-order chi connectivity index (χ1) is 9.74. The monoisotopic (exact) mass is 389 g/mol. The summed E-state index contributed by atoms with van der Waals surface area (Å²) in [5, 5.41) is 11.8. The second-order valence-corrected chi connectivity index (χ2v) is 4.85. The minimum Gasteiger partial charge on any atom is -1.00 e. The number of rotatable bonds is 2. The van der Waals surface area contributed by atoms with E-state index in [9.17, 15) is 5.11 Å². The maximum atomic E-state index is 9.88. The van der Waals surface area contributed by atoms with Crippen LogP contribution in [0.15, 0.2) is 60.9 Å². The molecule has 1 aromatic heterocycles. The third kappa shape index (κ3) is 3.42. The van der Waals surface area contributed by atoms with Crippen LogP contribution in [0.25, 0.3) is 22.9 Å². The van der Waals surface area contributed by atoms with Crippen molar-refractivity contribution in [2.45, 2.75) is 0 Å². The topological polar surface area (TPSA) is 24.1 Å². The van der Waals surface area contributed by atoms with Gasteiger partial charge in [0, 0.05) is 17.5 Å². The normalized spacial score (nSPS) is 10.7. The number of phenolic OH excluding ortho intramolecular Hbond substituents is 1. The Balaban J connectivity index is 0.00000161. The largest absolute Gasteiger partial charge is 1.00 e. The molecule has 3 heteroatoms. The molecule has 0 aliphatic heterocycles. The molecule has 0 radical (unpaired) electrons. The lowest BCUT2D eigenvalue weighted by atomic mass is 10.0. The Morgan fingerprint density at radius 3 is 2.24 bits per heavy atom. The molecule has 0 atom stereocenters. The standard InChI is InChI=1S/C18H15NO.HI/c1-19-12-10-14(11-13-19)6-7-15-8-9-18(20)17-5-3-2-4-16(15)17;/h2-13H,1H3;1H. The Kier molecular flexibility index (Phi) is 4.96. The van der Waals surface area contributed by atoms with Crippen molar-refractivity contribution in [1.29, 1.82) is 0 Å². The van der Waals surface area contributed by atoms with Crippen LogP contribution in [-0.4, -0.2) is 5.11 Å². The predicted octanol–water partition coefficient (Wildman–Crippen LogP) is 0.544. The molecular formula is C18H16INO. The first-order valence-corrected chi connectivity index (χ1v) is 6.58. The number of fused-ring (bicyclic) bond motifs is 1. The Bertz CT molecular complexity index is 779. The van der Waals surface area contributed by atoms with Gasteiger partial charge in [-0.15, -0.1) is 0 Å². The Morgan fingerprint density at radius 1 is 0.857 bits per heavy atom. The number of halogens is 1. The number of nitrogens with zero attached hydrogens (tertiary/aromatic N) is 1. The molecule has 0 unspecified atom stereocenters. The number of aryl methyl sites for hydroxylation is 1. The van der Waals surface area contributed by atoms with E-state index < -0.39 is 0 Å². The van der Waals surface area contributed by atoms with Gasteiger partial charge in [-0.05, 0) is 22.6 Å². The number of pyridine rings is 1. The van der Waals surface area contributed by atoms with Gasteiger partial charge in [-0.3, -0.25) is 0 Å². The van der Waals surface area contributed by atoms with E-state index >= 15 is 0 Å². The fourth-order valence-corrected chi connectivity index (χ4v) is 2.26. The van der Waals surface area contributed by atoms with Crippen LogP contribution in [0.3, 0.4) is 0 Å². The highest BCUT2D eigenvalue weighted by Gasteiger charge is 2.02. The summed E-state index contributed by atoms with van der Waals surface area (Å²) < 4.78 is 2.01. The molecule has 0 fully saturated rings. The molecule has 1 N–H and O–H groups in total. The Morgan fingerprint density at radius 2 is 1.52 bits per heavy atom. The van der Waals surface area contributed by atoms with Gasteiger partial charge in [0.05, 0.1) is 0 Å². The molecule has 3 aromatic rings. The van der Waals surface area contributed by atoms with Crippen LogP contribution >= 0.6 is 0 Å².